The van der Waals surface area contributed by atoms with Crippen molar-refractivity contribution in [2.24, 2.45) is 11.4 Å². The van der Waals surface area contributed by atoms with E-state index in [1.165, 1.54) is 51.3 Å². The summed E-state index contributed by atoms with van der Waals surface area (Å²) in [7, 11) is -1.21. The number of benzene rings is 2. The molecule has 0 fully saturated rings. The lowest BCUT2D eigenvalue weighted by molar-refractivity contribution is -0.217. The number of amides is 1. The van der Waals surface area contributed by atoms with E-state index in [0.717, 1.165) is 54.0 Å². The summed E-state index contributed by atoms with van der Waals surface area (Å²) in [6.07, 6.45) is 8.20. The molecule has 40 heavy (non-hydrogen) atoms. The lowest BCUT2D eigenvalue weighted by Crippen LogP contribution is -2.40. The van der Waals surface area contributed by atoms with Gasteiger partial charge in [0.15, 0.2) is 0 Å². The van der Waals surface area contributed by atoms with Crippen molar-refractivity contribution < 1.29 is 23.1 Å². The highest BCUT2D eigenvalue weighted by molar-refractivity contribution is 7.91. The number of rotatable bonds is 10. The smallest absolute Gasteiger partial charge is 0.409 e. The van der Waals surface area contributed by atoms with E-state index in [-0.39, 0.29) is 31.8 Å². The van der Waals surface area contributed by atoms with Crippen LogP contribution in [0.2, 0.25) is 0 Å². The van der Waals surface area contributed by atoms with Crippen molar-refractivity contribution in [2.45, 2.75) is 51.6 Å². The zero-order valence-electron chi connectivity index (χ0n) is 22.9. The third kappa shape index (κ3) is 6.14. The molecule has 1 aromatic heterocycles. The van der Waals surface area contributed by atoms with E-state index in [2.05, 4.69) is 15.6 Å². The van der Waals surface area contributed by atoms with Crippen molar-refractivity contribution in [3.63, 3.8) is 0 Å². The van der Waals surface area contributed by atoms with Gasteiger partial charge in [-0.05, 0) is 77.8 Å². The maximum atomic E-state index is 13.5. The average Bonchev–Trinajstić information content (AvgIpc) is 3.68. The van der Waals surface area contributed by atoms with Gasteiger partial charge >= 0.3 is 16.3 Å². The van der Waals surface area contributed by atoms with Gasteiger partial charge in [-0.3, -0.25) is 4.68 Å². The van der Waals surface area contributed by atoms with Crippen LogP contribution in [0.1, 0.15) is 46.2 Å². The molecular weight excluding hydrogens is 530 g/mol. The fourth-order valence-electron chi connectivity index (χ4n) is 5.59. The van der Waals surface area contributed by atoms with Gasteiger partial charge in [-0.1, -0.05) is 36.4 Å². The van der Waals surface area contributed by atoms with Gasteiger partial charge in [-0.2, -0.15) is 17.9 Å². The highest BCUT2D eigenvalue weighted by atomic mass is 32.2. The third-order valence-corrected chi connectivity index (χ3v) is 8.94. The average molecular weight is 565 g/mol. The molecule has 2 aromatic carbocycles. The van der Waals surface area contributed by atoms with Crippen LogP contribution in [-0.2, 0) is 60.7 Å². The van der Waals surface area contributed by atoms with Crippen LogP contribution in [0.5, 0.6) is 0 Å². The Labute approximate surface area is 235 Å². The van der Waals surface area contributed by atoms with Crippen molar-refractivity contribution in [3.05, 3.63) is 82.2 Å². The summed E-state index contributed by atoms with van der Waals surface area (Å²) < 4.78 is 38.5. The lowest BCUT2D eigenvalue weighted by atomic mass is 9.92. The first kappa shape index (κ1) is 27.7. The molecule has 0 bridgehead atoms. The molecule has 2 aliphatic rings. The lowest BCUT2D eigenvalue weighted by Gasteiger charge is -2.25. The molecule has 0 N–H and O–H groups in total. The molecule has 0 spiro atoms. The monoisotopic (exact) mass is 564 g/mol. The highest BCUT2D eigenvalue weighted by Crippen LogP contribution is 2.35. The molecule has 0 radical (unpaired) electrons. The number of aryl methyl sites for hydroxylation is 3. The molecule has 10 nitrogen and oxygen atoms in total. The standard InChI is InChI=1S/C29H35N5O5S/c1-32(29(36)39-20-21-8-4-3-5-9-21)14-15-34(24-18-30-33(2)19-24)40(37,38)31-28(35)17-27-25-12-6-10-22(25)16-23-11-7-13-26(23)27/h3-5,8-9,16,18-19H,6-7,10-15,17,20H2,1-2H3,(H,31,35)/p-1. The zero-order chi connectivity index (χ0) is 28.3. The Morgan fingerprint density at radius 3 is 2.38 bits per heavy atom. The molecule has 1 heterocycles. The molecule has 0 saturated heterocycles. The minimum atomic E-state index is -4.41. The zero-order valence-corrected chi connectivity index (χ0v) is 23.7. The first-order valence-electron chi connectivity index (χ1n) is 13.6. The van der Waals surface area contributed by atoms with Crippen LogP contribution in [0, 0.1) is 0 Å². The molecule has 0 aliphatic heterocycles. The Kier molecular flexibility index (Phi) is 8.11. The number of aromatic nitrogens is 2. The molecule has 5 rings (SSSR count). The molecule has 0 saturated carbocycles. The van der Waals surface area contributed by atoms with E-state index in [0.29, 0.717) is 0 Å². The van der Waals surface area contributed by atoms with Crippen LogP contribution in [0.3, 0.4) is 0 Å². The number of nitrogens with zero attached hydrogens (tertiary/aromatic N) is 5. The van der Waals surface area contributed by atoms with E-state index in [4.69, 9.17) is 4.74 Å². The topological polar surface area (TPSA) is 120 Å². The first-order chi connectivity index (χ1) is 19.2. The summed E-state index contributed by atoms with van der Waals surface area (Å²) in [5.41, 5.74) is 7.03. The Balaban J connectivity index is 1.32. The molecule has 3 aromatic rings. The van der Waals surface area contributed by atoms with E-state index in [1.54, 1.807) is 7.05 Å². The number of hydrogen-bond donors (Lipinski definition) is 0. The SMILES string of the molecule is CN(CCN(c1cnn(C)c1)S(=O)(=O)/N=C(\[O-])Cc1c2c(cc3c1CCC3)CCC2)C(=O)OCc1ccccc1. The third-order valence-electron chi connectivity index (χ3n) is 7.56. The van der Waals surface area contributed by atoms with Crippen LogP contribution < -0.4 is 9.41 Å². The summed E-state index contributed by atoms with van der Waals surface area (Å²) in [6, 6.07) is 11.6. The van der Waals surface area contributed by atoms with Gasteiger partial charge in [0, 0.05) is 33.3 Å². The van der Waals surface area contributed by atoms with E-state index in [1.807, 2.05) is 30.3 Å². The van der Waals surface area contributed by atoms with Crippen LogP contribution in [0.25, 0.3) is 0 Å². The maximum Gasteiger partial charge on any atom is 0.409 e. The van der Waals surface area contributed by atoms with Crippen molar-refractivity contribution in [3.8, 4) is 0 Å². The van der Waals surface area contributed by atoms with E-state index >= 15 is 0 Å². The van der Waals surface area contributed by atoms with Crippen LogP contribution >= 0.6 is 0 Å². The van der Waals surface area contributed by atoms with Crippen LogP contribution in [-0.4, -0.2) is 55.2 Å². The predicted octanol–water partition coefficient (Wildman–Crippen LogP) is 2.72. The maximum absolute atomic E-state index is 13.5. The summed E-state index contributed by atoms with van der Waals surface area (Å²) in [5, 5.41) is 17.2. The summed E-state index contributed by atoms with van der Waals surface area (Å²) in [4.78, 5) is 13.8. The van der Waals surface area contributed by atoms with Crippen molar-refractivity contribution >= 4 is 27.9 Å². The second-order valence-corrected chi connectivity index (χ2v) is 11.9. The van der Waals surface area contributed by atoms with Crippen molar-refractivity contribution in [2.75, 3.05) is 24.4 Å². The molecule has 0 atom stereocenters. The van der Waals surface area contributed by atoms with Crippen molar-refractivity contribution in [1.82, 2.24) is 14.7 Å². The fraction of sp³-hybridized carbons (Fsp3) is 0.414. The van der Waals surface area contributed by atoms with Gasteiger partial charge in [0.2, 0.25) is 0 Å². The minimum absolute atomic E-state index is 0.0190. The molecular formula is C29H34N5O5S-. The molecule has 212 valence electrons. The predicted molar refractivity (Wildman–Crippen MR) is 150 cm³/mol. The van der Waals surface area contributed by atoms with Crippen molar-refractivity contribution in [1.29, 1.82) is 0 Å². The Morgan fingerprint density at radius 2 is 1.75 bits per heavy atom. The minimum Gasteiger partial charge on any atom is -0.861 e. The Morgan fingerprint density at radius 1 is 1.07 bits per heavy atom. The first-order valence-corrected chi connectivity index (χ1v) is 15.0. The number of hydrogen-bond acceptors (Lipinski definition) is 6. The Hall–Kier alpha value is -3.86. The van der Waals surface area contributed by atoms with Gasteiger partial charge in [0.25, 0.3) is 0 Å². The summed E-state index contributed by atoms with van der Waals surface area (Å²) >= 11 is 0. The second-order valence-electron chi connectivity index (χ2n) is 10.4. The van der Waals surface area contributed by atoms with Crippen LogP contribution in [0.4, 0.5) is 10.5 Å². The number of carbonyl (C=O) groups is 1. The molecule has 0 unspecified atom stereocenters. The largest absolute Gasteiger partial charge is 0.861 e. The number of likely N-dealkylation sites (N-methyl/N-ethyl adjacent to an activating group) is 1. The van der Waals surface area contributed by atoms with Gasteiger partial charge in [0.1, 0.15) is 6.61 Å². The summed E-state index contributed by atoms with van der Waals surface area (Å²) in [5.74, 6) is -0.695. The quantitative estimate of drug-likeness (QED) is 0.276. The molecule has 2 aliphatic carbocycles. The normalized spacial score (nSPS) is 14.6. The van der Waals surface area contributed by atoms with E-state index in [9.17, 15) is 18.3 Å². The Bertz CT molecular complexity index is 1480. The van der Waals surface area contributed by atoms with Gasteiger partial charge in [-0.15, -0.1) is 0 Å². The second kappa shape index (κ2) is 11.7. The molecule has 11 heteroatoms. The fourth-order valence-corrected chi connectivity index (χ4v) is 6.68. The number of fused-ring (bicyclic) bond motifs is 2. The number of ether oxygens (including phenoxy) is 1. The number of carbonyl (C=O) groups excluding carboxylic acids is 1. The number of anilines is 1. The highest BCUT2D eigenvalue weighted by Gasteiger charge is 2.26. The summed E-state index contributed by atoms with van der Waals surface area (Å²) in [6.45, 7) is -0.00556. The molecule has 1 amide bonds. The van der Waals surface area contributed by atoms with Crippen LogP contribution in [0.15, 0.2) is 53.2 Å². The van der Waals surface area contributed by atoms with Gasteiger partial charge in [0.05, 0.1) is 18.4 Å². The van der Waals surface area contributed by atoms with Gasteiger partial charge < -0.3 is 14.7 Å². The van der Waals surface area contributed by atoms with Gasteiger partial charge in [-0.25, -0.2) is 9.10 Å². The van der Waals surface area contributed by atoms with E-state index < -0.39 is 22.2 Å².